The van der Waals surface area contributed by atoms with Gasteiger partial charge in [0.25, 0.3) is 0 Å². The van der Waals surface area contributed by atoms with Crippen molar-refractivity contribution in [2.24, 2.45) is 0 Å². The van der Waals surface area contributed by atoms with Gasteiger partial charge in [0.2, 0.25) is 0 Å². The number of halogens is 3. The average Bonchev–Trinajstić information content (AvgIpc) is 2.57. The van der Waals surface area contributed by atoms with E-state index in [9.17, 15) is 13.2 Å². The van der Waals surface area contributed by atoms with Gasteiger partial charge in [-0.25, -0.2) is 4.98 Å². The van der Waals surface area contributed by atoms with Crippen molar-refractivity contribution in [3.05, 3.63) is 36.0 Å². The molecule has 8 heteroatoms. The number of benzene rings is 1. The molecule has 1 heterocycles. The number of nitrogens with zero attached hydrogens (tertiary/aromatic N) is 3. The van der Waals surface area contributed by atoms with Gasteiger partial charge < -0.3 is 14.4 Å². The van der Waals surface area contributed by atoms with Gasteiger partial charge in [0.05, 0.1) is 12.3 Å². The van der Waals surface area contributed by atoms with Crippen LogP contribution in [-0.4, -0.2) is 29.2 Å². The number of rotatable bonds is 6. The van der Waals surface area contributed by atoms with Crippen LogP contribution >= 0.6 is 0 Å². The smallest absolute Gasteiger partial charge is 0.421 e. The Morgan fingerprint density at radius 3 is 2.37 bits per heavy atom. The van der Waals surface area contributed by atoms with Crippen LogP contribution in [0.2, 0.25) is 0 Å². The summed E-state index contributed by atoms with van der Waals surface area (Å²) >= 11 is 0. The summed E-state index contributed by atoms with van der Waals surface area (Å²) in [4.78, 5) is 9.11. The first-order chi connectivity index (χ1) is 12.5. The van der Waals surface area contributed by atoms with Gasteiger partial charge >= 0.3 is 12.2 Å². The monoisotopic (exact) mass is 383 g/mol. The van der Waals surface area contributed by atoms with Crippen LogP contribution in [-0.2, 0) is 6.18 Å². The zero-order valence-electron chi connectivity index (χ0n) is 16.1. The summed E-state index contributed by atoms with van der Waals surface area (Å²) < 4.78 is 51.8. The summed E-state index contributed by atoms with van der Waals surface area (Å²) in [5.41, 5.74) is -1.12. The number of hydrogen-bond donors (Lipinski definition) is 0. The quantitative estimate of drug-likeness (QED) is 0.684. The minimum absolute atomic E-state index is 0.121. The summed E-state index contributed by atoms with van der Waals surface area (Å²) in [5.74, 6) is 0.177. The second-order valence-electron chi connectivity index (χ2n) is 6.98. The van der Waals surface area contributed by atoms with Crippen LogP contribution in [0.1, 0.15) is 39.7 Å². The second kappa shape index (κ2) is 8.02. The Morgan fingerprint density at radius 2 is 1.78 bits per heavy atom. The van der Waals surface area contributed by atoms with Crippen LogP contribution in [0.5, 0.6) is 11.8 Å². The molecule has 0 fully saturated rings. The zero-order chi connectivity index (χ0) is 20.2. The topological polar surface area (TPSA) is 47.5 Å². The normalized spacial score (nSPS) is 12.0. The van der Waals surface area contributed by atoms with Crippen molar-refractivity contribution in [3.63, 3.8) is 0 Å². The maximum atomic E-state index is 13.5. The number of alkyl halides is 3. The minimum atomic E-state index is -4.61. The third kappa shape index (κ3) is 5.48. The molecule has 0 atom stereocenters. The van der Waals surface area contributed by atoms with E-state index in [1.807, 2.05) is 6.92 Å². The molecule has 2 aromatic rings. The van der Waals surface area contributed by atoms with Crippen molar-refractivity contribution in [3.8, 4) is 11.8 Å². The van der Waals surface area contributed by atoms with Gasteiger partial charge in [-0.2, -0.15) is 18.2 Å². The molecule has 0 aliphatic heterocycles. The number of para-hydroxylation sites is 2. The summed E-state index contributed by atoms with van der Waals surface area (Å²) in [7, 11) is 1.51. The number of ether oxygens (including phenoxy) is 2. The van der Waals surface area contributed by atoms with E-state index < -0.39 is 17.3 Å². The Bertz CT molecular complexity index is 774. The van der Waals surface area contributed by atoms with E-state index in [2.05, 4.69) is 9.97 Å². The lowest BCUT2D eigenvalue weighted by Crippen LogP contribution is -2.26. The first kappa shape index (κ1) is 20.8. The molecule has 2 rings (SSSR count). The van der Waals surface area contributed by atoms with Crippen LogP contribution in [0, 0.1) is 0 Å². The Morgan fingerprint density at radius 1 is 1.11 bits per heavy atom. The maximum absolute atomic E-state index is 13.5. The molecule has 0 aliphatic carbocycles. The molecule has 0 saturated heterocycles. The number of aromatic nitrogens is 2. The van der Waals surface area contributed by atoms with Gasteiger partial charge in [-0.3, -0.25) is 0 Å². The van der Waals surface area contributed by atoms with Gasteiger partial charge in [-0.05, 0) is 39.3 Å². The average molecular weight is 383 g/mol. The molecule has 0 N–H and O–H groups in total. The van der Waals surface area contributed by atoms with Gasteiger partial charge in [0.15, 0.2) is 5.82 Å². The summed E-state index contributed by atoms with van der Waals surface area (Å²) in [6.45, 7) is 7.72. The lowest BCUT2D eigenvalue weighted by atomic mass is 10.2. The largest absolute Gasteiger partial charge is 0.491 e. The summed E-state index contributed by atoms with van der Waals surface area (Å²) in [5, 5.41) is 0. The van der Waals surface area contributed by atoms with E-state index in [-0.39, 0.29) is 11.8 Å². The van der Waals surface area contributed by atoms with E-state index >= 15 is 0 Å². The third-order valence-electron chi connectivity index (χ3n) is 3.46. The molecule has 0 saturated carbocycles. The highest BCUT2D eigenvalue weighted by Crippen LogP contribution is 2.40. The fourth-order valence-electron chi connectivity index (χ4n) is 2.32. The van der Waals surface area contributed by atoms with Crippen molar-refractivity contribution < 1.29 is 22.6 Å². The highest BCUT2D eigenvalue weighted by atomic mass is 19.4. The molecule has 0 amide bonds. The van der Waals surface area contributed by atoms with Gasteiger partial charge in [-0.1, -0.05) is 19.1 Å². The first-order valence-electron chi connectivity index (χ1n) is 8.61. The van der Waals surface area contributed by atoms with Gasteiger partial charge in [0.1, 0.15) is 16.9 Å². The van der Waals surface area contributed by atoms with Crippen molar-refractivity contribution in [2.45, 2.75) is 45.9 Å². The van der Waals surface area contributed by atoms with E-state index in [1.165, 1.54) is 11.9 Å². The molecular formula is C19H24F3N3O2. The first-order valence-corrected chi connectivity index (χ1v) is 8.61. The Hall–Kier alpha value is -2.51. The zero-order valence-corrected chi connectivity index (χ0v) is 16.1. The van der Waals surface area contributed by atoms with Crippen molar-refractivity contribution >= 4 is 11.5 Å². The maximum Gasteiger partial charge on any atom is 0.421 e. The van der Waals surface area contributed by atoms with Crippen LogP contribution in [0.25, 0.3) is 0 Å². The summed E-state index contributed by atoms with van der Waals surface area (Å²) in [6, 6.07) is 6.76. The van der Waals surface area contributed by atoms with E-state index in [1.54, 1.807) is 45.0 Å². The molecule has 148 valence electrons. The molecular weight excluding hydrogens is 359 g/mol. The second-order valence-corrected chi connectivity index (χ2v) is 6.98. The van der Waals surface area contributed by atoms with Crippen molar-refractivity contribution in [1.82, 2.24) is 9.97 Å². The summed E-state index contributed by atoms with van der Waals surface area (Å²) in [6.07, 6.45) is -3.08. The van der Waals surface area contributed by atoms with E-state index in [4.69, 9.17) is 9.47 Å². The number of hydrogen-bond acceptors (Lipinski definition) is 5. The Balaban J connectivity index is 2.53. The van der Waals surface area contributed by atoms with Crippen LogP contribution in [0.4, 0.5) is 24.7 Å². The number of anilines is 2. The minimum Gasteiger partial charge on any atom is -0.491 e. The molecule has 27 heavy (non-hydrogen) atoms. The fourth-order valence-corrected chi connectivity index (χ4v) is 2.32. The van der Waals surface area contributed by atoms with Crippen LogP contribution < -0.4 is 14.4 Å². The molecule has 1 aromatic carbocycles. The molecule has 0 unspecified atom stereocenters. The lowest BCUT2D eigenvalue weighted by molar-refractivity contribution is -0.137. The molecule has 0 spiro atoms. The molecule has 0 bridgehead atoms. The van der Waals surface area contributed by atoms with E-state index in [0.717, 1.165) is 12.6 Å². The van der Waals surface area contributed by atoms with E-state index in [0.29, 0.717) is 18.0 Å². The standard InChI is InChI=1S/C19H24F3N3O2/c1-6-11-26-15-10-8-7-9-14(15)25(5)16-13(19(20,21)22)12-23-17(24-16)27-18(2,3)4/h7-10,12H,6,11H2,1-5H3. The lowest BCUT2D eigenvalue weighted by Gasteiger charge is -2.26. The highest BCUT2D eigenvalue weighted by Gasteiger charge is 2.37. The molecule has 1 aromatic heterocycles. The fraction of sp³-hybridized carbons (Fsp3) is 0.474. The van der Waals surface area contributed by atoms with Crippen LogP contribution in [0.15, 0.2) is 30.5 Å². The third-order valence-corrected chi connectivity index (χ3v) is 3.46. The molecule has 0 aliphatic rings. The van der Waals surface area contributed by atoms with Gasteiger partial charge in [0, 0.05) is 13.2 Å². The van der Waals surface area contributed by atoms with Crippen molar-refractivity contribution in [1.29, 1.82) is 0 Å². The predicted molar refractivity (Wildman–Crippen MR) is 97.7 cm³/mol. The Kier molecular flexibility index (Phi) is 6.18. The molecule has 5 nitrogen and oxygen atoms in total. The highest BCUT2D eigenvalue weighted by molar-refractivity contribution is 5.68. The van der Waals surface area contributed by atoms with Gasteiger partial charge in [-0.15, -0.1) is 0 Å². The SMILES string of the molecule is CCCOc1ccccc1N(C)c1nc(OC(C)(C)C)ncc1C(F)(F)F. The Labute approximate surface area is 157 Å². The van der Waals surface area contributed by atoms with Crippen molar-refractivity contribution in [2.75, 3.05) is 18.6 Å². The predicted octanol–water partition coefficient (Wildman–Crippen LogP) is 5.23. The van der Waals surface area contributed by atoms with Crippen LogP contribution in [0.3, 0.4) is 0 Å². The molecule has 0 radical (unpaired) electrons.